The zero-order valence-electron chi connectivity index (χ0n) is 10.6. The number of ether oxygens (including phenoxy) is 1. The van der Waals surface area contributed by atoms with Crippen LogP contribution < -0.4 is 5.32 Å². The molecule has 18 heavy (non-hydrogen) atoms. The van der Waals surface area contributed by atoms with Crippen LogP contribution in [0.1, 0.15) is 12.1 Å². The molecule has 0 fully saturated rings. The molecule has 0 aliphatic heterocycles. The molecule has 100 valence electrons. The molecule has 1 aromatic heterocycles. The lowest BCUT2D eigenvalue weighted by atomic mass is 10.0. The lowest BCUT2D eigenvalue weighted by molar-refractivity contribution is -0.122. The summed E-state index contributed by atoms with van der Waals surface area (Å²) in [7, 11) is 1.56. The Morgan fingerprint density at radius 1 is 1.56 bits per heavy atom. The number of hydrogen-bond acceptors (Lipinski definition) is 4. The minimum Gasteiger partial charge on any atom is -0.396 e. The monoisotopic (exact) mass is 252 g/mol. The zero-order chi connectivity index (χ0) is 13.2. The molecule has 1 heterocycles. The first-order valence-electron chi connectivity index (χ1n) is 6.02. The van der Waals surface area contributed by atoms with Crippen molar-refractivity contribution in [2.45, 2.75) is 12.8 Å². The van der Waals surface area contributed by atoms with Gasteiger partial charge in [-0.1, -0.05) is 6.07 Å². The van der Waals surface area contributed by atoms with Crippen molar-refractivity contribution in [3.8, 4) is 0 Å². The van der Waals surface area contributed by atoms with E-state index in [0.29, 0.717) is 26.0 Å². The molecule has 0 aromatic carbocycles. The Hall–Kier alpha value is -1.46. The van der Waals surface area contributed by atoms with E-state index in [4.69, 9.17) is 4.74 Å². The maximum absolute atomic E-state index is 11.4. The average molecular weight is 252 g/mol. The molecule has 0 aliphatic carbocycles. The number of pyridine rings is 1. The fourth-order valence-corrected chi connectivity index (χ4v) is 1.56. The van der Waals surface area contributed by atoms with Crippen molar-refractivity contribution in [3.05, 3.63) is 30.1 Å². The number of carbonyl (C=O) groups is 1. The molecule has 1 rings (SSSR count). The van der Waals surface area contributed by atoms with Gasteiger partial charge in [-0.15, -0.1) is 0 Å². The minimum atomic E-state index is -0.0590. The number of aromatic nitrogens is 1. The van der Waals surface area contributed by atoms with Gasteiger partial charge < -0.3 is 15.2 Å². The summed E-state index contributed by atoms with van der Waals surface area (Å²) < 4.78 is 4.82. The predicted octanol–water partition coefficient (Wildman–Crippen LogP) is 0.385. The number of hydrogen-bond donors (Lipinski definition) is 2. The van der Waals surface area contributed by atoms with Crippen LogP contribution in [-0.2, 0) is 16.0 Å². The van der Waals surface area contributed by atoms with Gasteiger partial charge in [0.05, 0.1) is 6.61 Å². The first-order chi connectivity index (χ1) is 8.76. The molecule has 0 bridgehead atoms. The van der Waals surface area contributed by atoms with Crippen molar-refractivity contribution in [2.24, 2.45) is 5.92 Å². The zero-order valence-corrected chi connectivity index (χ0v) is 10.6. The van der Waals surface area contributed by atoms with Crippen molar-refractivity contribution in [2.75, 3.05) is 26.9 Å². The highest BCUT2D eigenvalue weighted by Crippen LogP contribution is 2.04. The van der Waals surface area contributed by atoms with Crippen LogP contribution in [0.4, 0.5) is 0 Å². The van der Waals surface area contributed by atoms with Gasteiger partial charge in [0, 0.05) is 44.5 Å². The Labute approximate surface area is 107 Å². The van der Waals surface area contributed by atoms with Crippen molar-refractivity contribution in [1.29, 1.82) is 0 Å². The van der Waals surface area contributed by atoms with Gasteiger partial charge in [-0.2, -0.15) is 0 Å². The molecule has 1 unspecified atom stereocenters. The van der Waals surface area contributed by atoms with Crippen molar-refractivity contribution in [1.82, 2.24) is 10.3 Å². The van der Waals surface area contributed by atoms with Gasteiger partial charge in [-0.3, -0.25) is 9.78 Å². The second-order valence-corrected chi connectivity index (χ2v) is 4.12. The molecule has 0 radical (unpaired) electrons. The smallest absolute Gasteiger partial charge is 0.222 e. The van der Waals surface area contributed by atoms with Gasteiger partial charge >= 0.3 is 0 Å². The number of nitrogens with zero attached hydrogens (tertiary/aromatic N) is 1. The van der Waals surface area contributed by atoms with E-state index in [-0.39, 0.29) is 18.4 Å². The predicted molar refractivity (Wildman–Crippen MR) is 68.0 cm³/mol. The lowest BCUT2D eigenvalue weighted by Crippen LogP contribution is -2.32. The van der Waals surface area contributed by atoms with Crippen LogP contribution in [0.15, 0.2) is 24.4 Å². The molecule has 5 nitrogen and oxygen atoms in total. The van der Waals surface area contributed by atoms with E-state index in [2.05, 4.69) is 10.3 Å². The number of aliphatic hydroxyl groups excluding tert-OH is 1. The topological polar surface area (TPSA) is 71.5 Å². The lowest BCUT2D eigenvalue weighted by Gasteiger charge is -2.14. The summed E-state index contributed by atoms with van der Waals surface area (Å²) in [6, 6.07) is 5.67. The van der Waals surface area contributed by atoms with E-state index >= 15 is 0 Å². The Morgan fingerprint density at radius 2 is 2.39 bits per heavy atom. The Balaban J connectivity index is 2.31. The van der Waals surface area contributed by atoms with Gasteiger partial charge in [0.15, 0.2) is 0 Å². The largest absolute Gasteiger partial charge is 0.396 e. The Morgan fingerprint density at radius 3 is 3.00 bits per heavy atom. The third kappa shape index (κ3) is 5.75. The standard InChI is InChI=1S/C13H20N2O3/c1-18-7-5-13(17)15-9-11(10-16)8-12-4-2-3-6-14-12/h2-4,6,11,16H,5,7-10H2,1H3,(H,15,17). The van der Waals surface area contributed by atoms with Crippen LogP contribution in [0.2, 0.25) is 0 Å². The molecule has 1 aromatic rings. The highest BCUT2D eigenvalue weighted by molar-refractivity contribution is 5.75. The molecule has 1 amide bonds. The fourth-order valence-electron chi connectivity index (χ4n) is 1.56. The van der Waals surface area contributed by atoms with Gasteiger partial charge in [-0.05, 0) is 18.6 Å². The van der Waals surface area contributed by atoms with E-state index in [0.717, 1.165) is 5.69 Å². The third-order valence-corrected chi connectivity index (χ3v) is 2.60. The number of carbonyl (C=O) groups excluding carboxylic acids is 1. The van der Waals surface area contributed by atoms with Gasteiger partial charge in [0.25, 0.3) is 0 Å². The normalized spacial score (nSPS) is 12.1. The second kappa shape index (κ2) is 8.60. The first-order valence-corrected chi connectivity index (χ1v) is 6.02. The molecule has 0 spiro atoms. The molecular formula is C13H20N2O3. The summed E-state index contributed by atoms with van der Waals surface area (Å²) in [6.45, 7) is 0.895. The van der Waals surface area contributed by atoms with Crippen LogP contribution >= 0.6 is 0 Å². The Bertz CT molecular complexity index is 343. The second-order valence-electron chi connectivity index (χ2n) is 4.12. The molecule has 0 saturated heterocycles. The molecular weight excluding hydrogens is 232 g/mol. The van der Waals surface area contributed by atoms with E-state index in [1.807, 2.05) is 18.2 Å². The van der Waals surface area contributed by atoms with Crippen LogP contribution in [0.5, 0.6) is 0 Å². The maximum atomic E-state index is 11.4. The SMILES string of the molecule is COCCC(=O)NCC(CO)Cc1ccccn1. The van der Waals surface area contributed by atoms with Crippen LogP contribution in [-0.4, -0.2) is 42.9 Å². The summed E-state index contributed by atoms with van der Waals surface area (Å²) in [5.74, 6) is -0.0669. The van der Waals surface area contributed by atoms with Crippen LogP contribution in [0.3, 0.4) is 0 Å². The number of aliphatic hydroxyl groups is 1. The quantitative estimate of drug-likeness (QED) is 0.702. The molecule has 1 atom stereocenters. The van der Waals surface area contributed by atoms with Crippen molar-refractivity contribution in [3.63, 3.8) is 0 Å². The summed E-state index contributed by atoms with van der Waals surface area (Å²) in [5.41, 5.74) is 0.919. The number of amides is 1. The first kappa shape index (κ1) is 14.6. The van der Waals surface area contributed by atoms with Gasteiger partial charge in [-0.25, -0.2) is 0 Å². The molecule has 2 N–H and O–H groups in total. The van der Waals surface area contributed by atoms with Crippen molar-refractivity contribution < 1.29 is 14.6 Å². The van der Waals surface area contributed by atoms with E-state index in [1.54, 1.807) is 13.3 Å². The van der Waals surface area contributed by atoms with Crippen LogP contribution in [0, 0.1) is 5.92 Å². The maximum Gasteiger partial charge on any atom is 0.222 e. The van der Waals surface area contributed by atoms with Crippen molar-refractivity contribution >= 4 is 5.91 Å². The molecule has 0 aliphatic rings. The van der Waals surface area contributed by atoms with Crippen LogP contribution in [0.25, 0.3) is 0 Å². The summed E-state index contributed by atoms with van der Waals surface area (Å²) >= 11 is 0. The number of rotatable bonds is 8. The molecule has 0 saturated carbocycles. The van der Waals surface area contributed by atoms with E-state index in [1.165, 1.54) is 0 Å². The summed E-state index contributed by atoms with van der Waals surface area (Å²) in [4.78, 5) is 15.6. The minimum absolute atomic E-state index is 0.00797. The Kier molecular flexibility index (Phi) is 6.98. The van der Waals surface area contributed by atoms with Gasteiger partial charge in [0.2, 0.25) is 5.91 Å². The average Bonchev–Trinajstić information content (AvgIpc) is 2.42. The molecule has 5 heteroatoms. The third-order valence-electron chi connectivity index (χ3n) is 2.60. The van der Waals surface area contributed by atoms with E-state index in [9.17, 15) is 9.90 Å². The summed E-state index contributed by atoms with van der Waals surface area (Å²) in [6.07, 6.45) is 2.72. The highest BCUT2D eigenvalue weighted by atomic mass is 16.5. The summed E-state index contributed by atoms with van der Waals surface area (Å²) in [5, 5.41) is 12.1. The fraction of sp³-hybridized carbons (Fsp3) is 0.538. The number of methoxy groups -OCH3 is 1. The highest BCUT2D eigenvalue weighted by Gasteiger charge is 2.11. The van der Waals surface area contributed by atoms with E-state index < -0.39 is 0 Å². The van der Waals surface area contributed by atoms with Gasteiger partial charge in [0.1, 0.15) is 0 Å². The number of nitrogens with one attached hydrogen (secondary N) is 1.